The fourth-order valence-electron chi connectivity index (χ4n) is 4.14. The molecule has 0 bridgehead atoms. The van der Waals surface area contributed by atoms with Gasteiger partial charge >= 0.3 is 6.18 Å². The lowest BCUT2D eigenvalue weighted by Gasteiger charge is -2.32. The van der Waals surface area contributed by atoms with Crippen LogP contribution >= 0.6 is 0 Å². The van der Waals surface area contributed by atoms with Crippen LogP contribution in [0.2, 0.25) is 0 Å². The molecule has 5 aromatic rings. The zero-order chi connectivity index (χ0) is 22.7. The van der Waals surface area contributed by atoms with Gasteiger partial charge in [0.05, 0.1) is 17.4 Å². The second-order valence-corrected chi connectivity index (χ2v) is 7.68. The Kier molecular flexibility index (Phi) is 4.39. The number of rotatable bonds is 3. The molecule has 5 rings (SSSR count). The van der Waals surface area contributed by atoms with Crippen LogP contribution in [-0.2, 0) is 12.6 Å². The summed E-state index contributed by atoms with van der Waals surface area (Å²) in [6.07, 6.45) is -1.90. The second kappa shape index (κ2) is 6.93. The molecular weight excluding hydrogens is 422 g/mol. The Morgan fingerprint density at radius 2 is 1.66 bits per heavy atom. The fourth-order valence-corrected chi connectivity index (χ4v) is 4.14. The Labute approximate surface area is 179 Å². The predicted octanol–water partition coefficient (Wildman–Crippen LogP) is 5.45. The van der Waals surface area contributed by atoms with Crippen molar-refractivity contribution in [3.05, 3.63) is 96.1 Å². The molecule has 2 aromatic heterocycles. The molecule has 0 saturated carbocycles. The van der Waals surface area contributed by atoms with Crippen molar-refractivity contribution in [3.63, 3.8) is 0 Å². The maximum absolute atomic E-state index is 14.4. The zero-order valence-electron chi connectivity index (χ0n) is 16.8. The summed E-state index contributed by atoms with van der Waals surface area (Å²) in [5, 5.41) is 16.2. The van der Waals surface area contributed by atoms with Crippen LogP contribution in [0.5, 0.6) is 0 Å². The average molecular weight is 439 g/mol. The van der Waals surface area contributed by atoms with Gasteiger partial charge in [0.1, 0.15) is 5.82 Å². The van der Waals surface area contributed by atoms with Crippen molar-refractivity contribution in [3.8, 4) is 5.69 Å². The normalized spacial score (nSPS) is 14.2. The van der Waals surface area contributed by atoms with Crippen molar-refractivity contribution < 1.29 is 22.7 Å². The van der Waals surface area contributed by atoms with Gasteiger partial charge in [-0.15, -0.1) is 0 Å². The number of fused-ring (bicyclic) bond motifs is 2. The molecule has 0 amide bonds. The number of nitrogens with zero attached hydrogens (tertiary/aromatic N) is 3. The summed E-state index contributed by atoms with van der Waals surface area (Å²) >= 11 is 0. The largest absolute Gasteiger partial charge is 0.425 e. The van der Waals surface area contributed by atoms with Crippen LogP contribution < -0.4 is 0 Å². The molecule has 162 valence electrons. The molecular formula is C24H17F4N3O. The quantitative estimate of drug-likeness (QED) is 0.380. The van der Waals surface area contributed by atoms with E-state index in [1.165, 1.54) is 65.5 Å². The van der Waals surface area contributed by atoms with Crippen LogP contribution in [-0.4, -0.2) is 25.6 Å². The molecule has 0 aliphatic rings. The van der Waals surface area contributed by atoms with Crippen molar-refractivity contribution in [1.29, 1.82) is 0 Å². The van der Waals surface area contributed by atoms with Crippen LogP contribution in [0, 0.1) is 5.82 Å². The van der Waals surface area contributed by atoms with E-state index in [9.17, 15) is 22.7 Å². The van der Waals surface area contributed by atoms with Gasteiger partial charge in [-0.2, -0.15) is 18.3 Å². The van der Waals surface area contributed by atoms with Crippen molar-refractivity contribution in [1.82, 2.24) is 14.3 Å². The van der Waals surface area contributed by atoms with E-state index in [0.29, 0.717) is 27.5 Å². The lowest BCUT2D eigenvalue weighted by molar-refractivity contribution is -0.247. The van der Waals surface area contributed by atoms with E-state index in [0.717, 1.165) is 0 Å². The molecule has 1 atom stereocenters. The van der Waals surface area contributed by atoms with Crippen molar-refractivity contribution >= 4 is 21.8 Å². The first-order valence-electron chi connectivity index (χ1n) is 9.78. The highest BCUT2D eigenvalue weighted by Gasteiger charge is 2.57. The Morgan fingerprint density at radius 1 is 0.906 bits per heavy atom. The number of halogens is 4. The smallest absolute Gasteiger partial charge is 0.372 e. The highest BCUT2D eigenvalue weighted by atomic mass is 19.4. The van der Waals surface area contributed by atoms with Crippen LogP contribution in [0.3, 0.4) is 0 Å². The molecule has 0 aliphatic heterocycles. The molecule has 2 heterocycles. The van der Waals surface area contributed by atoms with Gasteiger partial charge in [-0.3, -0.25) is 0 Å². The number of hydrogen-bond donors (Lipinski definition) is 1. The molecule has 1 N–H and O–H groups in total. The van der Waals surface area contributed by atoms with E-state index in [-0.39, 0.29) is 11.1 Å². The van der Waals surface area contributed by atoms with Crippen LogP contribution in [0.15, 0.2) is 79.1 Å². The minimum Gasteiger partial charge on any atom is -0.372 e. The highest BCUT2D eigenvalue weighted by Crippen LogP contribution is 2.47. The van der Waals surface area contributed by atoms with Gasteiger partial charge in [0.15, 0.2) is 0 Å². The number of aryl methyl sites for hydroxylation is 1. The zero-order valence-corrected chi connectivity index (χ0v) is 16.8. The summed E-state index contributed by atoms with van der Waals surface area (Å²) < 4.78 is 59.7. The monoisotopic (exact) mass is 439 g/mol. The molecule has 8 heteroatoms. The molecule has 0 fully saturated rings. The molecule has 0 saturated heterocycles. The Bertz CT molecular complexity index is 1450. The molecule has 0 spiro atoms. The first kappa shape index (κ1) is 20.3. The summed E-state index contributed by atoms with van der Waals surface area (Å²) in [5.74, 6) is -0.405. The second-order valence-electron chi connectivity index (χ2n) is 7.68. The fraction of sp³-hybridized carbons (Fsp3) is 0.125. The summed E-state index contributed by atoms with van der Waals surface area (Å²) in [6, 6.07) is 15.7. The van der Waals surface area contributed by atoms with Crippen molar-refractivity contribution in [2.75, 3.05) is 0 Å². The van der Waals surface area contributed by atoms with E-state index in [1.807, 2.05) is 0 Å². The highest BCUT2D eigenvalue weighted by molar-refractivity contribution is 5.86. The molecule has 0 aliphatic carbocycles. The van der Waals surface area contributed by atoms with Gasteiger partial charge in [0, 0.05) is 35.1 Å². The van der Waals surface area contributed by atoms with Crippen LogP contribution in [0.25, 0.3) is 27.5 Å². The number of aliphatic hydroxyl groups is 1. The van der Waals surface area contributed by atoms with E-state index >= 15 is 0 Å². The Hall–Kier alpha value is -3.65. The summed E-state index contributed by atoms with van der Waals surface area (Å²) in [5.41, 5.74) is -2.10. The van der Waals surface area contributed by atoms with E-state index < -0.39 is 17.6 Å². The van der Waals surface area contributed by atoms with Gasteiger partial charge < -0.3 is 9.67 Å². The predicted molar refractivity (Wildman–Crippen MR) is 113 cm³/mol. The number of benzene rings is 3. The molecule has 3 aromatic carbocycles. The Morgan fingerprint density at radius 3 is 2.38 bits per heavy atom. The van der Waals surface area contributed by atoms with E-state index in [1.54, 1.807) is 29.9 Å². The van der Waals surface area contributed by atoms with Gasteiger partial charge in [-0.25, -0.2) is 9.07 Å². The van der Waals surface area contributed by atoms with Gasteiger partial charge in [-0.05, 0) is 54.1 Å². The first-order valence-corrected chi connectivity index (χ1v) is 9.78. The lowest BCUT2D eigenvalue weighted by atomic mass is 9.83. The molecule has 32 heavy (non-hydrogen) atoms. The SMILES string of the molecule is Cn1ccc2c(C(O)(c3ccc4c(cnn4-c4ccc(F)cc4)c3)C(F)(F)F)cccc21. The third-order valence-electron chi connectivity index (χ3n) is 5.78. The standard InChI is InChI=1S/C24H17F4N3O/c1-30-12-11-19-20(3-2-4-22(19)30)23(32,24(26,27)28)16-5-10-21-15(13-16)14-29-31(21)18-8-6-17(25)7-9-18/h2-14,32H,1H3. The van der Waals surface area contributed by atoms with Crippen molar-refractivity contribution in [2.45, 2.75) is 11.8 Å². The van der Waals surface area contributed by atoms with E-state index in [4.69, 9.17) is 0 Å². The lowest BCUT2D eigenvalue weighted by Crippen LogP contribution is -2.43. The average Bonchev–Trinajstić information content (AvgIpc) is 3.36. The summed E-state index contributed by atoms with van der Waals surface area (Å²) in [4.78, 5) is 0. The molecule has 4 nitrogen and oxygen atoms in total. The maximum Gasteiger partial charge on any atom is 0.425 e. The number of aromatic nitrogens is 3. The van der Waals surface area contributed by atoms with Crippen molar-refractivity contribution in [2.24, 2.45) is 7.05 Å². The third-order valence-corrected chi connectivity index (χ3v) is 5.78. The van der Waals surface area contributed by atoms with Crippen LogP contribution in [0.4, 0.5) is 17.6 Å². The Balaban J connectivity index is 1.71. The maximum atomic E-state index is 14.4. The minimum atomic E-state index is -4.97. The van der Waals surface area contributed by atoms with Gasteiger partial charge in [-0.1, -0.05) is 18.2 Å². The summed E-state index contributed by atoms with van der Waals surface area (Å²) in [7, 11) is 1.73. The topological polar surface area (TPSA) is 43.0 Å². The number of alkyl halides is 3. The van der Waals surface area contributed by atoms with Gasteiger partial charge in [0.2, 0.25) is 5.60 Å². The molecule has 0 radical (unpaired) electrons. The summed E-state index contributed by atoms with van der Waals surface area (Å²) in [6.45, 7) is 0. The van der Waals surface area contributed by atoms with E-state index in [2.05, 4.69) is 5.10 Å². The number of hydrogen-bond acceptors (Lipinski definition) is 2. The first-order chi connectivity index (χ1) is 15.2. The van der Waals surface area contributed by atoms with Gasteiger partial charge in [0.25, 0.3) is 0 Å². The van der Waals surface area contributed by atoms with Crippen LogP contribution in [0.1, 0.15) is 11.1 Å². The third kappa shape index (κ3) is 2.90. The minimum absolute atomic E-state index is 0.242. The molecule has 1 unspecified atom stereocenters.